The van der Waals surface area contributed by atoms with Crippen molar-refractivity contribution in [3.63, 3.8) is 0 Å². The molecule has 0 radical (unpaired) electrons. The molecule has 0 aliphatic rings. The first-order valence-electron chi connectivity index (χ1n) is 5.42. The minimum atomic E-state index is -4.29. The molecule has 0 spiro atoms. The number of hydrogen-bond donors (Lipinski definition) is 0. The van der Waals surface area contributed by atoms with Gasteiger partial charge in [0.15, 0.2) is 0 Å². The van der Waals surface area contributed by atoms with E-state index in [-0.39, 0.29) is 34.4 Å². The fourth-order valence-electron chi connectivity index (χ4n) is 1.77. The van der Waals surface area contributed by atoms with Crippen molar-refractivity contribution in [2.24, 2.45) is 0 Å². The van der Waals surface area contributed by atoms with Crippen molar-refractivity contribution in [1.29, 1.82) is 0 Å². The van der Waals surface area contributed by atoms with Crippen LogP contribution >= 0.6 is 39.3 Å². The molecule has 0 aliphatic heterocycles. The minimum Gasteiger partial charge on any atom is -0.326 e. The van der Waals surface area contributed by atoms with Crippen LogP contribution < -0.4 is 0 Å². The van der Waals surface area contributed by atoms with Crippen LogP contribution in [0.15, 0.2) is 16.6 Å². The molecule has 0 N–H and O–H groups in total. The maximum atomic E-state index is 13.5. The number of nitrogens with zero attached hydrogens (tertiary/aromatic N) is 2. The Morgan fingerprint density at radius 2 is 2.05 bits per heavy atom. The Morgan fingerprint density at radius 3 is 2.65 bits per heavy atom. The van der Waals surface area contributed by atoms with E-state index in [1.54, 1.807) is 0 Å². The summed E-state index contributed by atoms with van der Waals surface area (Å²) in [7, 11) is 0. The molecule has 0 saturated carbocycles. The molecular formula is C11H8BrClF4N2S. The van der Waals surface area contributed by atoms with E-state index in [2.05, 4.69) is 20.9 Å². The lowest BCUT2D eigenvalue weighted by Crippen LogP contribution is -2.09. The average Bonchev–Trinajstić information content (AvgIpc) is 2.66. The van der Waals surface area contributed by atoms with Gasteiger partial charge in [0.25, 0.3) is 0 Å². The summed E-state index contributed by atoms with van der Waals surface area (Å²) >= 11 is 8.65. The van der Waals surface area contributed by atoms with E-state index in [9.17, 15) is 17.6 Å². The number of hydrogen-bond acceptors (Lipinski definition) is 2. The Labute approximate surface area is 129 Å². The van der Waals surface area contributed by atoms with Crippen LogP contribution in [0.5, 0.6) is 0 Å². The number of rotatable bonds is 4. The normalized spacial score (nSPS) is 12.3. The van der Waals surface area contributed by atoms with Gasteiger partial charge in [-0.15, -0.1) is 11.6 Å². The Morgan fingerprint density at radius 1 is 1.35 bits per heavy atom. The molecule has 0 amide bonds. The van der Waals surface area contributed by atoms with Crippen LogP contribution in [0, 0.1) is 5.82 Å². The number of alkyl halides is 4. The van der Waals surface area contributed by atoms with Gasteiger partial charge in [0, 0.05) is 18.4 Å². The topological polar surface area (TPSA) is 17.8 Å². The third-order valence-electron chi connectivity index (χ3n) is 2.57. The maximum Gasteiger partial charge on any atom is 0.441 e. The zero-order valence-electron chi connectivity index (χ0n) is 9.85. The molecule has 0 unspecified atom stereocenters. The van der Waals surface area contributed by atoms with Gasteiger partial charge in [-0.2, -0.15) is 13.2 Å². The van der Waals surface area contributed by atoms with Gasteiger partial charge < -0.3 is 4.57 Å². The van der Waals surface area contributed by atoms with Crippen LogP contribution in [0.2, 0.25) is 0 Å². The molecule has 0 bridgehead atoms. The number of benzene rings is 1. The standard InChI is InChI=1S/C11H8BrClF4N2S/c12-6-3-8-9(4-7(6)14)19(10(5-13)18-8)1-2-20-11(15,16)17/h3-4H,1-2,5H2. The van der Waals surface area contributed by atoms with Crippen molar-refractivity contribution in [1.82, 2.24) is 9.55 Å². The SMILES string of the molecule is Fc1cc2c(cc1Br)nc(CCl)n2CCSC(F)(F)F. The Bertz CT molecular complexity index is 629. The highest BCUT2D eigenvalue weighted by atomic mass is 79.9. The third-order valence-corrected chi connectivity index (χ3v) is 4.13. The van der Waals surface area contributed by atoms with Crippen LogP contribution in [-0.4, -0.2) is 20.8 Å². The zero-order valence-corrected chi connectivity index (χ0v) is 13.0. The van der Waals surface area contributed by atoms with Gasteiger partial charge in [-0.25, -0.2) is 9.37 Å². The van der Waals surface area contributed by atoms with Gasteiger partial charge >= 0.3 is 5.51 Å². The minimum absolute atomic E-state index is 0.0462. The van der Waals surface area contributed by atoms with E-state index in [1.807, 2.05) is 0 Å². The summed E-state index contributed by atoms with van der Waals surface area (Å²) in [4.78, 5) is 4.19. The van der Waals surface area contributed by atoms with Crippen molar-refractivity contribution >= 4 is 50.3 Å². The predicted molar refractivity (Wildman–Crippen MR) is 75.5 cm³/mol. The molecule has 110 valence electrons. The number of fused-ring (bicyclic) bond motifs is 1. The number of halogens is 6. The number of imidazole rings is 1. The summed E-state index contributed by atoms with van der Waals surface area (Å²) in [5, 5.41) is 0. The largest absolute Gasteiger partial charge is 0.441 e. The van der Waals surface area contributed by atoms with Gasteiger partial charge in [0.1, 0.15) is 11.6 Å². The van der Waals surface area contributed by atoms with Crippen LogP contribution in [0.3, 0.4) is 0 Å². The molecule has 9 heteroatoms. The summed E-state index contributed by atoms with van der Waals surface area (Å²) in [6, 6.07) is 2.72. The third kappa shape index (κ3) is 3.59. The van der Waals surface area contributed by atoms with Crippen molar-refractivity contribution in [3.05, 3.63) is 28.2 Å². The van der Waals surface area contributed by atoms with Crippen molar-refractivity contribution in [2.75, 3.05) is 5.75 Å². The van der Waals surface area contributed by atoms with Gasteiger partial charge in [0.2, 0.25) is 0 Å². The quantitative estimate of drug-likeness (QED) is 0.543. The molecule has 0 fully saturated rings. The van der Waals surface area contributed by atoms with E-state index in [0.717, 1.165) is 0 Å². The molecule has 1 heterocycles. The van der Waals surface area contributed by atoms with Gasteiger partial charge in [-0.3, -0.25) is 0 Å². The lowest BCUT2D eigenvalue weighted by atomic mass is 10.3. The van der Waals surface area contributed by atoms with Crippen LogP contribution in [-0.2, 0) is 12.4 Å². The molecule has 2 rings (SSSR count). The van der Waals surface area contributed by atoms with Gasteiger partial charge in [-0.1, -0.05) is 0 Å². The zero-order chi connectivity index (χ0) is 14.9. The monoisotopic (exact) mass is 390 g/mol. The highest BCUT2D eigenvalue weighted by Crippen LogP contribution is 2.31. The number of aryl methyl sites for hydroxylation is 1. The Hall–Kier alpha value is -0.470. The summed E-state index contributed by atoms with van der Waals surface area (Å²) in [5.74, 6) is -0.216. The molecule has 1 aromatic heterocycles. The van der Waals surface area contributed by atoms with Gasteiger partial charge in [0.05, 0.1) is 21.4 Å². The highest BCUT2D eigenvalue weighted by Gasteiger charge is 2.27. The van der Waals surface area contributed by atoms with E-state index in [1.165, 1.54) is 16.7 Å². The molecule has 20 heavy (non-hydrogen) atoms. The molecule has 0 atom stereocenters. The molecule has 1 aromatic carbocycles. The van der Waals surface area contributed by atoms with E-state index >= 15 is 0 Å². The molecule has 2 nitrogen and oxygen atoms in total. The van der Waals surface area contributed by atoms with Gasteiger partial charge in [-0.05, 0) is 33.8 Å². The molecule has 2 aromatic rings. The van der Waals surface area contributed by atoms with E-state index < -0.39 is 11.3 Å². The van der Waals surface area contributed by atoms with Crippen molar-refractivity contribution < 1.29 is 17.6 Å². The second kappa shape index (κ2) is 6.11. The first kappa shape index (κ1) is 15.9. The van der Waals surface area contributed by atoms with Crippen LogP contribution in [0.25, 0.3) is 11.0 Å². The fraction of sp³-hybridized carbons (Fsp3) is 0.364. The number of thioether (sulfide) groups is 1. The first-order chi connectivity index (χ1) is 9.31. The smallest absolute Gasteiger partial charge is 0.326 e. The Balaban J connectivity index is 2.33. The van der Waals surface area contributed by atoms with Crippen molar-refractivity contribution in [2.45, 2.75) is 17.9 Å². The highest BCUT2D eigenvalue weighted by molar-refractivity contribution is 9.10. The summed E-state index contributed by atoms with van der Waals surface area (Å²) in [6.07, 6.45) is 0. The number of aromatic nitrogens is 2. The molecular weight excluding hydrogens is 384 g/mol. The van der Waals surface area contributed by atoms with Crippen LogP contribution in [0.4, 0.5) is 17.6 Å². The molecule has 0 saturated heterocycles. The van der Waals surface area contributed by atoms with E-state index in [4.69, 9.17) is 11.6 Å². The molecule has 0 aliphatic carbocycles. The van der Waals surface area contributed by atoms with Crippen LogP contribution in [0.1, 0.15) is 5.82 Å². The summed E-state index contributed by atoms with van der Waals surface area (Å²) in [6.45, 7) is 0.0593. The average molecular weight is 392 g/mol. The second-order valence-electron chi connectivity index (χ2n) is 3.86. The maximum absolute atomic E-state index is 13.5. The second-order valence-corrected chi connectivity index (χ2v) is 6.14. The summed E-state index contributed by atoms with van der Waals surface area (Å²) in [5.41, 5.74) is -3.36. The first-order valence-corrected chi connectivity index (χ1v) is 7.74. The Kier molecular flexibility index (Phi) is 4.86. The fourth-order valence-corrected chi connectivity index (χ4v) is 2.81. The summed E-state index contributed by atoms with van der Waals surface area (Å²) < 4.78 is 51.7. The van der Waals surface area contributed by atoms with E-state index in [0.29, 0.717) is 16.9 Å². The van der Waals surface area contributed by atoms with Crippen molar-refractivity contribution in [3.8, 4) is 0 Å². The lowest BCUT2D eigenvalue weighted by Gasteiger charge is -2.09. The lowest BCUT2D eigenvalue weighted by molar-refractivity contribution is -0.0328. The predicted octanol–water partition coefficient (Wildman–Crippen LogP) is 4.93.